The molecule has 0 amide bonds. The molecule has 1 heteroatoms. The summed E-state index contributed by atoms with van der Waals surface area (Å²) in [5.74, 6) is 0. The van der Waals surface area contributed by atoms with Crippen LogP contribution in [0.15, 0.2) is 66.2 Å². The Morgan fingerprint density at radius 3 is 1.77 bits per heavy atom. The predicted molar refractivity (Wildman–Crippen MR) is 94.9 cm³/mol. The second-order valence-electron chi connectivity index (χ2n) is 6.05. The first-order chi connectivity index (χ1) is 10.9. The number of rotatable bonds is 4. The van der Waals surface area contributed by atoms with Gasteiger partial charge in [0.1, 0.15) is 0 Å². The van der Waals surface area contributed by atoms with E-state index >= 15 is 0 Å². The average Bonchev–Trinajstić information content (AvgIpc) is 2.59. The van der Waals surface area contributed by atoms with E-state index in [-0.39, 0.29) is 0 Å². The van der Waals surface area contributed by atoms with E-state index in [0.29, 0.717) is 0 Å². The van der Waals surface area contributed by atoms with Crippen LogP contribution >= 0.6 is 0 Å². The van der Waals surface area contributed by atoms with E-state index in [2.05, 4.69) is 72.5 Å². The minimum atomic E-state index is 1.19. The van der Waals surface area contributed by atoms with Gasteiger partial charge in [0.15, 0.2) is 0 Å². The van der Waals surface area contributed by atoms with Crippen molar-refractivity contribution in [3.8, 4) is 0 Å². The molecule has 1 nitrogen and oxygen atoms in total. The lowest BCUT2D eigenvalue weighted by atomic mass is 9.88. The van der Waals surface area contributed by atoms with Crippen molar-refractivity contribution in [2.24, 2.45) is 0 Å². The minimum Gasteiger partial charge on any atom is -0.303 e. The molecule has 114 valence electrons. The van der Waals surface area contributed by atoms with Crippen LogP contribution in [0.3, 0.4) is 0 Å². The van der Waals surface area contributed by atoms with Gasteiger partial charge >= 0.3 is 0 Å². The summed E-state index contributed by atoms with van der Waals surface area (Å²) in [6.45, 7) is 5.91. The molecule has 1 aliphatic heterocycles. The van der Waals surface area contributed by atoms with E-state index in [1.807, 2.05) is 0 Å². The third-order valence-electron chi connectivity index (χ3n) is 4.48. The smallest absolute Gasteiger partial charge is 0.00190 e. The average molecular weight is 291 g/mol. The number of hydrogen-bond acceptors (Lipinski definition) is 1. The summed E-state index contributed by atoms with van der Waals surface area (Å²) in [4.78, 5) is 2.59. The standard InChI is InChI=1S/C21H25N/c1-2-15-22-16-13-20(14-17-22)21(18-9-5-3-6-10-18)19-11-7-4-8-12-19/h3-12H,2,13-17H2,1H3. The highest BCUT2D eigenvalue weighted by Gasteiger charge is 2.18. The van der Waals surface area contributed by atoms with E-state index < -0.39 is 0 Å². The van der Waals surface area contributed by atoms with Gasteiger partial charge in [-0.1, -0.05) is 73.2 Å². The number of nitrogens with zero attached hydrogens (tertiary/aromatic N) is 1. The molecular weight excluding hydrogens is 266 g/mol. The third-order valence-corrected chi connectivity index (χ3v) is 4.48. The summed E-state index contributed by atoms with van der Waals surface area (Å²) in [5, 5.41) is 0. The highest BCUT2D eigenvalue weighted by Crippen LogP contribution is 2.32. The largest absolute Gasteiger partial charge is 0.303 e. The summed E-state index contributed by atoms with van der Waals surface area (Å²) in [5.41, 5.74) is 5.78. The molecule has 1 aliphatic rings. The van der Waals surface area contributed by atoms with Crippen molar-refractivity contribution in [1.82, 2.24) is 4.90 Å². The van der Waals surface area contributed by atoms with Gasteiger partial charge in [0.25, 0.3) is 0 Å². The van der Waals surface area contributed by atoms with Crippen LogP contribution in [-0.4, -0.2) is 24.5 Å². The highest BCUT2D eigenvalue weighted by molar-refractivity contribution is 5.82. The Kier molecular flexibility index (Phi) is 5.07. The number of piperidine rings is 1. The van der Waals surface area contributed by atoms with Crippen LogP contribution in [-0.2, 0) is 0 Å². The molecule has 0 radical (unpaired) electrons. The Hall–Kier alpha value is -1.86. The predicted octanol–water partition coefficient (Wildman–Crippen LogP) is 4.99. The Labute approximate surface area is 134 Å². The van der Waals surface area contributed by atoms with Crippen LogP contribution < -0.4 is 0 Å². The Morgan fingerprint density at radius 1 is 0.818 bits per heavy atom. The zero-order valence-corrected chi connectivity index (χ0v) is 13.5. The zero-order valence-electron chi connectivity index (χ0n) is 13.5. The zero-order chi connectivity index (χ0) is 15.2. The van der Waals surface area contributed by atoms with Crippen LogP contribution in [0.5, 0.6) is 0 Å². The molecule has 0 spiro atoms. The van der Waals surface area contributed by atoms with Gasteiger partial charge in [0.2, 0.25) is 0 Å². The Morgan fingerprint density at radius 2 is 1.32 bits per heavy atom. The molecule has 1 saturated heterocycles. The van der Waals surface area contributed by atoms with Crippen molar-refractivity contribution in [2.45, 2.75) is 26.2 Å². The second kappa shape index (κ2) is 7.42. The SMILES string of the molecule is CCCN1CCC(=C(c2ccccc2)c2ccccc2)CC1. The van der Waals surface area contributed by atoms with Gasteiger partial charge in [-0.15, -0.1) is 0 Å². The number of hydrogen-bond donors (Lipinski definition) is 0. The van der Waals surface area contributed by atoms with Gasteiger partial charge in [0, 0.05) is 13.1 Å². The van der Waals surface area contributed by atoms with Crippen molar-refractivity contribution in [3.63, 3.8) is 0 Å². The van der Waals surface area contributed by atoms with E-state index in [1.165, 1.54) is 55.6 Å². The molecule has 1 heterocycles. The molecular formula is C21H25N. The molecule has 22 heavy (non-hydrogen) atoms. The highest BCUT2D eigenvalue weighted by atomic mass is 15.1. The van der Waals surface area contributed by atoms with Crippen LogP contribution in [0.4, 0.5) is 0 Å². The fraction of sp³-hybridized carbons (Fsp3) is 0.333. The van der Waals surface area contributed by atoms with Gasteiger partial charge < -0.3 is 4.90 Å². The maximum Gasteiger partial charge on any atom is 0.00190 e. The normalized spacial score (nSPS) is 15.8. The molecule has 0 aromatic heterocycles. The topological polar surface area (TPSA) is 3.24 Å². The van der Waals surface area contributed by atoms with Crippen molar-refractivity contribution in [1.29, 1.82) is 0 Å². The summed E-state index contributed by atoms with van der Waals surface area (Å²) in [6.07, 6.45) is 3.64. The molecule has 2 aromatic carbocycles. The van der Waals surface area contributed by atoms with Gasteiger partial charge in [-0.3, -0.25) is 0 Å². The van der Waals surface area contributed by atoms with Gasteiger partial charge in [-0.05, 0) is 42.5 Å². The lowest BCUT2D eigenvalue weighted by Gasteiger charge is -2.30. The summed E-state index contributed by atoms with van der Waals surface area (Å²) >= 11 is 0. The van der Waals surface area contributed by atoms with Crippen LogP contribution in [0, 0.1) is 0 Å². The molecule has 2 aromatic rings. The fourth-order valence-electron chi connectivity index (χ4n) is 3.40. The molecule has 0 atom stereocenters. The second-order valence-corrected chi connectivity index (χ2v) is 6.05. The lowest BCUT2D eigenvalue weighted by Crippen LogP contribution is -2.31. The Balaban J connectivity index is 1.95. The molecule has 0 aliphatic carbocycles. The molecule has 3 rings (SSSR count). The Bertz CT molecular complexity index is 561. The first kappa shape index (κ1) is 15.1. The molecule has 0 N–H and O–H groups in total. The van der Waals surface area contributed by atoms with Crippen LogP contribution in [0.1, 0.15) is 37.3 Å². The fourth-order valence-corrected chi connectivity index (χ4v) is 3.40. The minimum absolute atomic E-state index is 1.19. The van der Waals surface area contributed by atoms with Gasteiger partial charge in [-0.25, -0.2) is 0 Å². The maximum absolute atomic E-state index is 2.59. The molecule has 0 bridgehead atoms. The van der Waals surface area contributed by atoms with Crippen molar-refractivity contribution in [3.05, 3.63) is 77.4 Å². The lowest BCUT2D eigenvalue weighted by molar-refractivity contribution is 0.257. The van der Waals surface area contributed by atoms with Crippen molar-refractivity contribution >= 4 is 5.57 Å². The summed E-state index contributed by atoms with van der Waals surface area (Å²) in [6, 6.07) is 21.7. The summed E-state index contributed by atoms with van der Waals surface area (Å²) in [7, 11) is 0. The number of benzene rings is 2. The van der Waals surface area contributed by atoms with Gasteiger partial charge in [-0.2, -0.15) is 0 Å². The quantitative estimate of drug-likeness (QED) is 0.766. The van der Waals surface area contributed by atoms with E-state index in [4.69, 9.17) is 0 Å². The van der Waals surface area contributed by atoms with E-state index in [1.54, 1.807) is 5.57 Å². The van der Waals surface area contributed by atoms with Crippen LogP contribution in [0.2, 0.25) is 0 Å². The van der Waals surface area contributed by atoms with E-state index in [0.717, 1.165) is 0 Å². The van der Waals surface area contributed by atoms with Gasteiger partial charge in [0.05, 0.1) is 0 Å². The first-order valence-corrected chi connectivity index (χ1v) is 8.43. The summed E-state index contributed by atoms with van der Waals surface area (Å²) < 4.78 is 0. The van der Waals surface area contributed by atoms with Crippen molar-refractivity contribution < 1.29 is 0 Å². The maximum atomic E-state index is 2.59. The molecule has 0 unspecified atom stereocenters. The molecule has 1 fully saturated rings. The number of likely N-dealkylation sites (tertiary alicyclic amines) is 1. The molecule has 0 saturated carbocycles. The van der Waals surface area contributed by atoms with E-state index in [9.17, 15) is 0 Å². The monoisotopic (exact) mass is 291 g/mol. The van der Waals surface area contributed by atoms with Crippen molar-refractivity contribution in [2.75, 3.05) is 19.6 Å². The third kappa shape index (κ3) is 3.48. The van der Waals surface area contributed by atoms with Crippen LogP contribution in [0.25, 0.3) is 5.57 Å². The first-order valence-electron chi connectivity index (χ1n) is 8.43.